The van der Waals surface area contributed by atoms with Gasteiger partial charge in [-0.3, -0.25) is 0 Å². The van der Waals surface area contributed by atoms with Gasteiger partial charge in [-0.05, 0) is 38.4 Å². The lowest BCUT2D eigenvalue weighted by atomic mass is 10.1. The lowest BCUT2D eigenvalue weighted by molar-refractivity contribution is 0.342. The molecule has 1 fully saturated rings. The first kappa shape index (κ1) is 15.9. The van der Waals surface area contributed by atoms with Crippen LogP contribution >= 0.6 is 0 Å². The van der Waals surface area contributed by atoms with Crippen molar-refractivity contribution in [1.29, 1.82) is 0 Å². The van der Waals surface area contributed by atoms with Crippen LogP contribution in [0.1, 0.15) is 26.7 Å². The van der Waals surface area contributed by atoms with Gasteiger partial charge in [0.25, 0.3) is 0 Å². The maximum atomic E-state index is 11.7. The molecule has 0 aromatic carbocycles. The smallest absolute Gasteiger partial charge is 0.212 e. The van der Waals surface area contributed by atoms with E-state index in [-0.39, 0.29) is 5.75 Å². The van der Waals surface area contributed by atoms with Gasteiger partial charge in [0.2, 0.25) is 10.0 Å². The van der Waals surface area contributed by atoms with Crippen molar-refractivity contribution in [3.8, 4) is 0 Å². The van der Waals surface area contributed by atoms with Gasteiger partial charge in [0.05, 0.1) is 5.75 Å². The summed E-state index contributed by atoms with van der Waals surface area (Å²) < 4.78 is 26.2. The van der Waals surface area contributed by atoms with Crippen LogP contribution in [0, 0.1) is 5.92 Å². The zero-order valence-corrected chi connectivity index (χ0v) is 12.4. The Kier molecular flexibility index (Phi) is 7.14. The predicted octanol–water partition coefficient (Wildman–Crippen LogP) is 0.247. The lowest BCUT2D eigenvalue weighted by Gasteiger charge is -2.14. The first-order valence-corrected chi connectivity index (χ1v) is 8.63. The third-order valence-corrected chi connectivity index (χ3v) is 4.73. The number of hydrogen-bond acceptors (Lipinski definition) is 4. The van der Waals surface area contributed by atoms with Crippen LogP contribution in [0.3, 0.4) is 0 Å². The van der Waals surface area contributed by atoms with E-state index in [2.05, 4.69) is 28.8 Å². The molecular formula is C12H27N3O2S. The maximum Gasteiger partial charge on any atom is 0.212 e. The van der Waals surface area contributed by atoms with Crippen molar-refractivity contribution >= 4 is 10.0 Å². The highest BCUT2D eigenvalue weighted by atomic mass is 32.2. The lowest BCUT2D eigenvalue weighted by Crippen LogP contribution is -2.35. The summed E-state index contributed by atoms with van der Waals surface area (Å²) in [7, 11) is -3.10. The highest BCUT2D eigenvalue weighted by Crippen LogP contribution is 2.14. The second kappa shape index (κ2) is 8.09. The molecule has 0 saturated carbocycles. The first-order valence-electron chi connectivity index (χ1n) is 6.97. The van der Waals surface area contributed by atoms with Gasteiger partial charge in [0.1, 0.15) is 0 Å². The molecule has 1 unspecified atom stereocenters. The second-order valence-corrected chi connectivity index (χ2v) is 6.89. The summed E-state index contributed by atoms with van der Waals surface area (Å²) in [6.07, 6.45) is 2.13. The SMILES string of the molecule is CCCNCCS(=O)(=O)NCC1CCN(CC)C1. The van der Waals surface area contributed by atoms with Gasteiger partial charge in [-0.25, -0.2) is 13.1 Å². The molecule has 0 spiro atoms. The van der Waals surface area contributed by atoms with E-state index in [0.717, 1.165) is 39.0 Å². The number of likely N-dealkylation sites (tertiary alicyclic amines) is 1. The number of nitrogens with one attached hydrogen (secondary N) is 2. The zero-order valence-electron chi connectivity index (χ0n) is 11.6. The van der Waals surface area contributed by atoms with Crippen LogP contribution in [-0.2, 0) is 10.0 Å². The quantitative estimate of drug-likeness (QED) is 0.593. The van der Waals surface area contributed by atoms with Crippen molar-refractivity contribution < 1.29 is 8.42 Å². The fraction of sp³-hybridized carbons (Fsp3) is 1.00. The van der Waals surface area contributed by atoms with Crippen molar-refractivity contribution in [2.24, 2.45) is 5.92 Å². The van der Waals surface area contributed by atoms with Gasteiger partial charge < -0.3 is 10.2 Å². The number of hydrogen-bond donors (Lipinski definition) is 2. The van der Waals surface area contributed by atoms with Crippen LogP contribution in [0.4, 0.5) is 0 Å². The summed E-state index contributed by atoms with van der Waals surface area (Å²) in [6.45, 7) is 9.40. The van der Waals surface area contributed by atoms with E-state index >= 15 is 0 Å². The summed E-state index contributed by atoms with van der Waals surface area (Å²) in [4.78, 5) is 2.36. The predicted molar refractivity (Wildman–Crippen MR) is 75.2 cm³/mol. The van der Waals surface area contributed by atoms with E-state index in [4.69, 9.17) is 0 Å². The van der Waals surface area contributed by atoms with Gasteiger partial charge in [-0.15, -0.1) is 0 Å². The third-order valence-electron chi connectivity index (χ3n) is 3.38. The minimum atomic E-state index is -3.10. The molecule has 0 radical (unpaired) electrons. The van der Waals surface area contributed by atoms with Crippen LogP contribution in [0.25, 0.3) is 0 Å². The van der Waals surface area contributed by atoms with Gasteiger partial charge in [0.15, 0.2) is 0 Å². The number of rotatable bonds is 9. The van der Waals surface area contributed by atoms with Crippen molar-refractivity contribution in [2.75, 3.05) is 45.0 Å². The Morgan fingerprint density at radius 2 is 2.06 bits per heavy atom. The topological polar surface area (TPSA) is 61.4 Å². The van der Waals surface area contributed by atoms with Crippen LogP contribution in [0.2, 0.25) is 0 Å². The molecule has 1 atom stereocenters. The fourth-order valence-corrected chi connectivity index (χ4v) is 3.24. The molecule has 5 nitrogen and oxygen atoms in total. The highest BCUT2D eigenvalue weighted by molar-refractivity contribution is 7.89. The first-order chi connectivity index (χ1) is 8.57. The second-order valence-electron chi connectivity index (χ2n) is 4.97. The minimum absolute atomic E-state index is 0.178. The Morgan fingerprint density at radius 1 is 1.28 bits per heavy atom. The summed E-state index contributed by atoms with van der Waals surface area (Å²) in [5.74, 6) is 0.653. The molecule has 6 heteroatoms. The van der Waals surface area contributed by atoms with E-state index in [9.17, 15) is 8.42 Å². The molecule has 1 saturated heterocycles. The molecule has 1 aliphatic rings. The summed E-state index contributed by atoms with van der Waals surface area (Å²) in [5, 5.41) is 3.11. The van der Waals surface area contributed by atoms with Gasteiger partial charge in [-0.1, -0.05) is 13.8 Å². The average Bonchev–Trinajstić information content (AvgIpc) is 2.80. The van der Waals surface area contributed by atoms with E-state index in [1.807, 2.05) is 0 Å². The van der Waals surface area contributed by atoms with E-state index < -0.39 is 10.0 Å². The summed E-state index contributed by atoms with van der Waals surface area (Å²) >= 11 is 0. The molecule has 2 N–H and O–H groups in total. The Labute approximate surface area is 111 Å². The molecule has 1 heterocycles. The van der Waals surface area contributed by atoms with Gasteiger partial charge in [0, 0.05) is 19.6 Å². The highest BCUT2D eigenvalue weighted by Gasteiger charge is 2.22. The Hall–Kier alpha value is -0.170. The monoisotopic (exact) mass is 277 g/mol. The molecule has 0 aliphatic carbocycles. The Bertz CT molecular complexity index is 319. The number of sulfonamides is 1. The zero-order chi connectivity index (χ0) is 13.4. The van der Waals surface area contributed by atoms with E-state index in [0.29, 0.717) is 19.0 Å². The molecule has 0 bridgehead atoms. The minimum Gasteiger partial charge on any atom is -0.316 e. The van der Waals surface area contributed by atoms with Crippen molar-refractivity contribution in [3.05, 3.63) is 0 Å². The van der Waals surface area contributed by atoms with Crippen LogP contribution < -0.4 is 10.0 Å². The average molecular weight is 277 g/mol. The third kappa shape index (κ3) is 6.13. The fourth-order valence-electron chi connectivity index (χ4n) is 2.19. The van der Waals surface area contributed by atoms with Gasteiger partial charge in [-0.2, -0.15) is 0 Å². The van der Waals surface area contributed by atoms with Crippen LogP contribution in [-0.4, -0.2) is 58.3 Å². The molecule has 1 rings (SSSR count). The van der Waals surface area contributed by atoms with Crippen LogP contribution in [0.5, 0.6) is 0 Å². The normalized spacial score (nSPS) is 21.6. The Balaban J connectivity index is 2.17. The van der Waals surface area contributed by atoms with Crippen molar-refractivity contribution in [3.63, 3.8) is 0 Å². The van der Waals surface area contributed by atoms with Gasteiger partial charge >= 0.3 is 0 Å². The molecule has 0 aromatic heterocycles. The van der Waals surface area contributed by atoms with E-state index in [1.54, 1.807) is 0 Å². The standard InChI is InChI=1S/C12H27N3O2S/c1-3-6-13-7-9-18(16,17)14-10-12-5-8-15(4-2)11-12/h12-14H,3-11H2,1-2H3. The maximum absolute atomic E-state index is 11.7. The summed E-state index contributed by atoms with van der Waals surface area (Å²) in [5.41, 5.74) is 0. The molecule has 0 amide bonds. The van der Waals surface area contributed by atoms with E-state index in [1.165, 1.54) is 0 Å². The van der Waals surface area contributed by atoms with Crippen LogP contribution in [0.15, 0.2) is 0 Å². The molecule has 1 aliphatic heterocycles. The summed E-state index contributed by atoms with van der Waals surface area (Å²) in [6, 6.07) is 0. The van der Waals surface area contributed by atoms with Crippen molar-refractivity contribution in [1.82, 2.24) is 14.9 Å². The molecule has 0 aromatic rings. The largest absolute Gasteiger partial charge is 0.316 e. The molecule has 18 heavy (non-hydrogen) atoms. The number of nitrogens with zero attached hydrogens (tertiary/aromatic N) is 1. The Morgan fingerprint density at radius 3 is 2.67 bits per heavy atom. The molecule has 108 valence electrons. The molecular weight excluding hydrogens is 250 g/mol. The van der Waals surface area contributed by atoms with Crippen molar-refractivity contribution in [2.45, 2.75) is 26.7 Å².